The zero-order valence-corrected chi connectivity index (χ0v) is 15.3. The third-order valence-corrected chi connectivity index (χ3v) is 10.3. The summed E-state index contributed by atoms with van der Waals surface area (Å²) in [6, 6.07) is 0. The summed E-state index contributed by atoms with van der Waals surface area (Å²) >= 11 is 0. The Morgan fingerprint density at radius 1 is 0.667 bits per heavy atom. The standard InChI is InChI=1S/C24H34/c1-3-20-19-8-18-9-21(20)22(4-2)24(13-18,14-19)23-10-15-5-16(11-23)7-17(6-15)12-23/h3-4,15-22H,1-2,5-14H2. The quantitative estimate of drug-likeness (QED) is 0.539. The lowest BCUT2D eigenvalue weighted by molar-refractivity contribution is -0.230. The summed E-state index contributed by atoms with van der Waals surface area (Å²) in [5.74, 6) is 7.74. The van der Waals surface area contributed by atoms with E-state index in [-0.39, 0.29) is 0 Å². The van der Waals surface area contributed by atoms with Crippen LogP contribution < -0.4 is 0 Å². The molecule has 0 aromatic rings. The summed E-state index contributed by atoms with van der Waals surface area (Å²) < 4.78 is 0. The maximum atomic E-state index is 4.41. The Hall–Kier alpha value is -0.520. The van der Waals surface area contributed by atoms with Crippen molar-refractivity contribution in [3.8, 4) is 0 Å². The van der Waals surface area contributed by atoms with Crippen molar-refractivity contribution in [1.29, 1.82) is 0 Å². The minimum absolute atomic E-state index is 0.640. The smallest absolute Gasteiger partial charge is 0.0140 e. The van der Waals surface area contributed by atoms with E-state index in [9.17, 15) is 0 Å². The molecule has 0 amide bonds. The molecule has 6 atom stereocenters. The molecular weight excluding hydrogens is 288 g/mol. The zero-order valence-electron chi connectivity index (χ0n) is 15.3. The van der Waals surface area contributed by atoms with Gasteiger partial charge < -0.3 is 0 Å². The average molecular weight is 323 g/mol. The van der Waals surface area contributed by atoms with E-state index in [0.717, 1.165) is 47.3 Å². The van der Waals surface area contributed by atoms with Crippen LogP contribution in [0.1, 0.15) is 64.2 Å². The molecule has 6 unspecified atom stereocenters. The molecule has 0 heterocycles. The lowest BCUT2D eigenvalue weighted by atomic mass is 9.31. The third-order valence-electron chi connectivity index (χ3n) is 10.3. The molecule has 8 saturated carbocycles. The van der Waals surface area contributed by atoms with Gasteiger partial charge in [-0.1, -0.05) is 12.2 Å². The number of hydrogen-bond donors (Lipinski definition) is 0. The minimum Gasteiger partial charge on any atom is -0.103 e. The van der Waals surface area contributed by atoms with E-state index < -0.39 is 0 Å². The molecule has 8 bridgehead atoms. The van der Waals surface area contributed by atoms with Gasteiger partial charge in [-0.3, -0.25) is 0 Å². The van der Waals surface area contributed by atoms with Gasteiger partial charge >= 0.3 is 0 Å². The molecule has 0 nitrogen and oxygen atoms in total. The topological polar surface area (TPSA) is 0 Å². The molecule has 24 heavy (non-hydrogen) atoms. The fourth-order valence-electron chi connectivity index (χ4n) is 10.4. The summed E-state index contributed by atoms with van der Waals surface area (Å²) in [7, 11) is 0. The minimum atomic E-state index is 0.640. The van der Waals surface area contributed by atoms with E-state index in [1.165, 1.54) is 19.3 Å². The molecule has 8 fully saturated rings. The first-order valence-electron chi connectivity index (χ1n) is 10.9. The molecule has 0 radical (unpaired) electrons. The Morgan fingerprint density at radius 2 is 1.29 bits per heavy atom. The second-order valence-electron chi connectivity index (χ2n) is 11.1. The lowest BCUT2D eigenvalue weighted by Gasteiger charge is -2.73. The van der Waals surface area contributed by atoms with E-state index in [0.29, 0.717) is 10.8 Å². The molecule has 0 N–H and O–H groups in total. The normalized spacial score (nSPS) is 62.8. The monoisotopic (exact) mass is 322 g/mol. The lowest BCUT2D eigenvalue weighted by Crippen LogP contribution is -2.65. The fraction of sp³-hybridized carbons (Fsp3) is 0.833. The molecule has 130 valence electrons. The first-order valence-corrected chi connectivity index (χ1v) is 10.9. The maximum Gasteiger partial charge on any atom is -0.0140 e. The molecule has 0 saturated heterocycles. The maximum absolute atomic E-state index is 4.41. The highest BCUT2D eigenvalue weighted by atomic mass is 14.7. The highest BCUT2D eigenvalue weighted by Gasteiger charge is 2.69. The second-order valence-corrected chi connectivity index (χ2v) is 11.1. The summed E-state index contributed by atoms with van der Waals surface area (Å²) in [5.41, 5.74) is 1.35. The van der Waals surface area contributed by atoms with Crippen molar-refractivity contribution in [3.63, 3.8) is 0 Å². The van der Waals surface area contributed by atoms with Gasteiger partial charge in [0.25, 0.3) is 0 Å². The Bertz CT molecular complexity index is 550. The van der Waals surface area contributed by atoms with Gasteiger partial charge in [0.2, 0.25) is 0 Å². The van der Waals surface area contributed by atoms with Gasteiger partial charge in [-0.2, -0.15) is 0 Å². The van der Waals surface area contributed by atoms with Crippen LogP contribution in [0.5, 0.6) is 0 Å². The largest absolute Gasteiger partial charge is 0.103 e. The Morgan fingerprint density at radius 3 is 1.88 bits per heavy atom. The molecule has 0 aliphatic heterocycles. The summed E-state index contributed by atoms with van der Waals surface area (Å²) in [6.07, 6.45) is 20.4. The van der Waals surface area contributed by atoms with Gasteiger partial charge in [0.15, 0.2) is 0 Å². The van der Waals surface area contributed by atoms with Gasteiger partial charge in [0.1, 0.15) is 0 Å². The van der Waals surface area contributed by atoms with Crippen molar-refractivity contribution in [1.82, 2.24) is 0 Å². The molecule has 8 aliphatic rings. The van der Waals surface area contributed by atoms with E-state index in [1.807, 2.05) is 0 Å². The van der Waals surface area contributed by atoms with Crippen LogP contribution in [0, 0.1) is 58.2 Å². The number of hydrogen-bond acceptors (Lipinski definition) is 0. The molecule has 8 aliphatic carbocycles. The SMILES string of the molecule is C=CC1C2CC3CC1C(C=C)C(C14CC5CC(CC(C5)C1)C4)(C3)C2. The van der Waals surface area contributed by atoms with Crippen LogP contribution in [0.3, 0.4) is 0 Å². The van der Waals surface area contributed by atoms with E-state index >= 15 is 0 Å². The van der Waals surface area contributed by atoms with Gasteiger partial charge in [0, 0.05) is 0 Å². The van der Waals surface area contributed by atoms with E-state index in [1.54, 1.807) is 44.9 Å². The van der Waals surface area contributed by atoms with Gasteiger partial charge in [-0.25, -0.2) is 0 Å². The van der Waals surface area contributed by atoms with Gasteiger partial charge in [-0.15, -0.1) is 13.2 Å². The van der Waals surface area contributed by atoms with Crippen LogP contribution in [0.25, 0.3) is 0 Å². The highest BCUT2D eigenvalue weighted by molar-refractivity contribution is 5.22. The van der Waals surface area contributed by atoms with Crippen LogP contribution >= 0.6 is 0 Å². The average Bonchev–Trinajstić information content (AvgIpc) is 2.53. The Kier molecular flexibility index (Phi) is 2.80. The molecule has 0 spiro atoms. The molecular formula is C24H34. The van der Waals surface area contributed by atoms with Crippen LogP contribution in [-0.2, 0) is 0 Å². The van der Waals surface area contributed by atoms with E-state index in [2.05, 4.69) is 25.3 Å². The van der Waals surface area contributed by atoms with Crippen molar-refractivity contribution in [2.45, 2.75) is 64.2 Å². The summed E-state index contributed by atoms with van der Waals surface area (Å²) in [5, 5.41) is 0. The molecule has 0 aromatic heterocycles. The second kappa shape index (κ2) is 4.60. The zero-order chi connectivity index (χ0) is 16.1. The predicted molar refractivity (Wildman–Crippen MR) is 99.4 cm³/mol. The molecule has 0 heteroatoms. The van der Waals surface area contributed by atoms with Gasteiger partial charge in [0.05, 0.1) is 0 Å². The highest BCUT2D eigenvalue weighted by Crippen LogP contribution is 2.77. The Labute approximate surface area is 148 Å². The van der Waals surface area contributed by atoms with Crippen LogP contribution in [0.15, 0.2) is 25.3 Å². The first kappa shape index (κ1) is 14.6. The van der Waals surface area contributed by atoms with Crippen LogP contribution in [-0.4, -0.2) is 0 Å². The van der Waals surface area contributed by atoms with Crippen molar-refractivity contribution in [2.75, 3.05) is 0 Å². The van der Waals surface area contributed by atoms with Crippen molar-refractivity contribution in [2.24, 2.45) is 58.2 Å². The number of rotatable bonds is 3. The first-order chi connectivity index (χ1) is 11.7. The van der Waals surface area contributed by atoms with Crippen molar-refractivity contribution >= 4 is 0 Å². The van der Waals surface area contributed by atoms with E-state index in [4.69, 9.17) is 0 Å². The van der Waals surface area contributed by atoms with Crippen molar-refractivity contribution < 1.29 is 0 Å². The summed E-state index contributed by atoms with van der Waals surface area (Å²) in [4.78, 5) is 0. The predicted octanol–water partition coefficient (Wildman–Crippen LogP) is 6.24. The molecule has 0 aromatic carbocycles. The number of allylic oxidation sites excluding steroid dienone is 2. The fourth-order valence-corrected chi connectivity index (χ4v) is 10.4. The summed E-state index contributed by atoms with van der Waals surface area (Å²) in [6.45, 7) is 8.67. The molecule has 8 rings (SSSR count). The van der Waals surface area contributed by atoms with Gasteiger partial charge in [-0.05, 0) is 122 Å². The van der Waals surface area contributed by atoms with Crippen LogP contribution in [0.2, 0.25) is 0 Å². The Balaban J connectivity index is 1.47. The van der Waals surface area contributed by atoms with Crippen molar-refractivity contribution in [3.05, 3.63) is 25.3 Å². The third kappa shape index (κ3) is 1.58. The van der Waals surface area contributed by atoms with Crippen LogP contribution in [0.4, 0.5) is 0 Å².